The molecule has 144 valence electrons. The van der Waals surface area contributed by atoms with Crippen molar-refractivity contribution in [3.8, 4) is 5.75 Å². The van der Waals surface area contributed by atoms with Crippen LogP contribution in [0.2, 0.25) is 0 Å². The molecule has 1 atom stereocenters. The van der Waals surface area contributed by atoms with Gasteiger partial charge in [0.15, 0.2) is 6.10 Å². The van der Waals surface area contributed by atoms with Gasteiger partial charge in [0.2, 0.25) is 0 Å². The summed E-state index contributed by atoms with van der Waals surface area (Å²) in [6, 6.07) is 9.22. The first-order chi connectivity index (χ1) is 13.1. The molecule has 1 aromatic heterocycles. The molecule has 27 heavy (non-hydrogen) atoms. The number of carbonyl (C=O) groups excluding carboxylic acids is 2. The van der Waals surface area contributed by atoms with Crippen LogP contribution in [0.4, 0.5) is 5.00 Å². The number of amides is 1. The van der Waals surface area contributed by atoms with E-state index < -0.39 is 6.10 Å². The molecule has 0 fully saturated rings. The zero-order chi connectivity index (χ0) is 19.2. The largest absolute Gasteiger partial charge is 0.481 e. The van der Waals surface area contributed by atoms with Crippen LogP contribution in [0, 0.1) is 0 Å². The average Bonchev–Trinajstić information content (AvgIpc) is 2.83. The van der Waals surface area contributed by atoms with Crippen LogP contribution in [0.3, 0.4) is 0 Å². The van der Waals surface area contributed by atoms with E-state index >= 15 is 0 Å². The van der Waals surface area contributed by atoms with Crippen molar-refractivity contribution >= 4 is 28.2 Å². The van der Waals surface area contributed by atoms with Crippen LogP contribution < -0.4 is 10.1 Å². The van der Waals surface area contributed by atoms with Gasteiger partial charge in [0, 0.05) is 4.88 Å². The zero-order valence-corrected chi connectivity index (χ0v) is 16.6. The minimum absolute atomic E-state index is 0.277. The van der Waals surface area contributed by atoms with E-state index in [-0.39, 0.29) is 11.9 Å². The van der Waals surface area contributed by atoms with Gasteiger partial charge >= 0.3 is 5.97 Å². The molecule has 1 amide bonds. The van der Waals surface area contributed by atoms with Gasteiger partial charge in [-0.1, -0.05) is 24.6 Å². The highest BCUT2D eigenvalue weighted by Crippen LogP contribution is 2.38. The van der Waals surface area contributed by atoms with E-state index in [1.807, 2.05) is 18.2 Å². The fourth-order valence-corrected chi connectivity index (χ4v) is 4.50. The van der Waals surface area contributed by atoms with Crippen LogP contribution in [0.5, 0.6) is 5.75 Å². The molecule has 5 nitrogen and oxygen atoms in total. The van der Waals surface area contributed by atoms with Crippen molar-refractivity contribution in [1.29, 1.82) is 0 Å². The normalized spacial score (nSPS) is 14.6. The van der Waals surface area contributed by atoms with Gasteiger partial charge < -0.3 is 14.8 Å². The number of benzene rings is 1. The third kappa shape index (κ3) is 4.69. The quantitative estimate of drug-likeness (QED) is 0.581. The monoisotopic (exact) mass is 387 g/mol. The maximum atomic E-state index is 12.6. The summed E-state index contributed by atoms with van der Waals surface area (Å²) < 4.78 is 11.0. The number of nitrogens with one attached hydrogen (secondary N) is 1. The SMILES string of the molecule is CCOC(=O)c1c(NC(=O)C(C)Oc2ccccc2)sc2c1CCCCC2. The second-order valence-electron chi connectivity index (χ2n) is 6.55. The third-order valence-corrected chi connectivity index (χ3v) is 5.77. The maximum absolute atomic E-state index is 12.6. The van der Waals surface area contributed by atoms with E-state index in [9.17, 15) is 9.59 Å². The second-order valence-corrected chi connectivity index (χ2v) is 7.66. The molecule has 0 radical (unpaired) electrons. The number of esters is 1. The van der Waals surface area contributed by atoms with Crippen LogP contribution in [0.15, 0.2) is 30.3 Å². The summed E-state index contributed by atoms with van der Waals surface area (Å²) in [5.41, 5.74) is 1.57. The van der Waals surface area contributed by atoms with Crippen molar-refractivity contribution in [1.82, 2.24) is 0 Å². The number of ether oxygens (including phenoxy) is 2. The Morgan fingerprint density at radius 1 is 1.15 bits per heavy atom. The predicted molar refractivity (Wildman–Crippen MR) is 107 cm³/mol. The number of para-hydroxylation sites is 1. The molecule has 0 spiro atoms. The van der Waals surface area contributed by atoms with E-state index in [1.54, 1.807) is 26.0 Å². The van der Waals surface area contributed by atoms with Gasteiger partial charge in [-0.25, -0.2) is 4.79 Å². The van der Waals surface area contributed by atoms with Crippen LogP contribution in [0.1, 0.15) is 53.9 Å². The number of hydrogen-bond acceptors (Lipinski definition) is 5. The van der Waals surface area contributed by atoms with Crippen molar-refractivity contribution in [2.75, 3.05) is 11.9 Å². The molecule has 2 aromatic rings. The number of anilines is 1. The van der Waals surface area contributed by atoms with E-state index in [1.165, 1.54) is 16.2 Å². The summed E-state index contributed by atoms with van der Waals surface area (Å²) in [6.45, 7) is 3.80. The third-order valence-electron chi connectivity index (χ3n) is 4.56. The minimum Gasteiger partial charge on any atom is -0.481 e. The molecular formula is C21H25NO4S. The molecule has 1 N–H and O–H groups in total. The number of rotatable bonds is 6. The maximum Gasteiger partial charge on any atom is 0.341 e. The highest BCUT2D eigenvalue weighted by Gasteiger charge is 2.27. The van der Waals surface area contributed by atoms with Crippen molar-refractivity contribution in [2.24, 2.45) is 0 Å². The fourth-order valence-electron chi connectivity index (χ4n) is 3.22. The lowest BCUT2D eigenvalue weighted by Crippen LogP contribution is -2.30. The van der Waals surface area contributed by atoms with Crippen molar-refractivity contribution in [3.05, 3.63) is 46.3 Å². The summed E-state index contributed by atoms with van der Waals surface area (Å²) in [5.74, 6) is -0.00244. The molecule has 3 rings (SSSR count). The lowest BCUT2D eigenvalue weighted by molar-refractivity contribution is -0.122. The molecule has 1 aromatic carbocycles. The summed E-state index contributed by atoms with van der Waals surface area (Å²) in [6.07, 6.45) is 4.44. The van der Waals surface area contributed by atoms with E-state index in [2.05, 4.69) is 5.32 Å². The predicted octanol–water partition coefficient (Wildman–Crippen LogP) is 4.60. The molecule has 0 aliphatic heterocycles. The van der Waals surface area contributed by atoms with Gasteiger partial charge in [-0.2, -0.15) is 0 Å². The molecular weight excluding hydrogens is 362 g/mol. The van der Waals surface area contributed by atoms with E-state index in [4.69, 9.17) is 9.47 Å². The van der Waals surface area contributed by atoms with Crippen LogP contribution >= 0.6 is 11.3 Å². The number of fused-ring (bicyclic) bond motifs is 1. The number of aryl methyl sites for hydroxylation is 1. The van der Waals surface area contributed by atoms with E-state index in [0.717, 1.165) is 37.7 Å². The lowest BCUT2D eigenvalue weighted by atomic mass is 10.1. The summed E-state index contributed by atoms with van der Waals surface area (Å²) >= 11 is 1.49. The van der Waals surface area contributed by atoms with Gasteiger partial charge in [-0.05, 0) is 57.2 Å². The number of carbonyl (C=O) groups is 2. The number of thiophene rings is 1. The molecule has 1 unspecified atom stereocenters. The topological polar surface area (TPSA) is 64.6 Å². The Balaban J connectivity index is 1.80. The van der Waals surface area contributed by atoms with Crippen LogP contribution in [-0.4, -0.2) is 24.6 Å². The Morgan fingerprint density at radius 3 is 2.63 bits per heavy atom. The standard InChI is InChI=1S/C21H25NO4S/c1-3-25-21(24)18-16-12-8-5-9-13-17(16)27-20(18)22-19(23)14(2)26-15-10-6-4-7-11-15/h4,6-7,10-11,14H,3,5,8-9,12-13H2,1-2H3,(H,22,23). The Bertz CT molecular complexity index is 800. The first-order valence-electron chi connectivity index (χ1n) is 9.44. The smallest absolute Gasteiger partial charge is 0.341 e. The Kier molecular flexibility index (Phi) is 6.50. The highest BCUT2D eigenvalue weighted by atomic mass is 32.1. The first-order valence-corrected chi connectivity index (χ1v) is 10.3. The summed E-state index contributed by atoms with van der Waals surface area (Å²) in [5, 5.41) is 3.48. The fraction of sp³-hybridized carbons (Fsp3) is 0.429. The Hall–Kier alpha value is -2.34. The molecule has 1 heterocycles. The summed E-state index contributed by atoms with van der Waals surface area (Å²) in [4.78, 5) is 26.4. The van der Waals surface area contributed by atoms with Gasteiger partial charge in [0.1, 0.15) is 10.8 Å². The van der Waals surface area contributed by atoms with Crippen molar-refractivity contribution in [3.63, 3.8) is 0 Å². The molecule has 0 saturated carbocycles. The van der Waals surface area contributed by atoms with Crippen molar-refractivity contribution in [2.45, 2.75) is 52.1 Å². The number of hydrogen-bond donors (Lipinski definition) is 1. The Labute approximate surface area is 163 Å². The molecule has 6 heteroatoms. The minimum atomic E-state index is -0.677. The zero-order valence-electron chi connectivity index (χ0n) is 15.7. The summed E-state index contributed by atoms with van der Waals surface area (Å²) in [7, 11) is 0. The van der Waals surface area contributed by atoms with Gasteiger partial charge in [-0.15, -0.1) is 11.3 Å². The van der Waals surface area contributed by atoms with Gasteiger partial charge in [0.25, 0.3) is 5.91 Å². The van der Waals surface area contributed by atoms with Crippen molar-refractivity contribution < 1.29 is 19.1 Å². The second kappa shape index (κ2) is 9.04. The highest BCUT2D eigenvalue weighted by molar-refractivity contribution is 7.17. The molecule has 1 aliphatic rings. The van der Waals surface area contributed by atoms with Crippen LogP contribution in [0.25, 0.3) is 0 Å². The molecule has 1 aliphatic carbocycles. The molecule has 0 saturated heterocycles. The van der Waals surface area contributed by atoms with Gasteiger partial charge in [0.05, 0.1) is 12.2 Å². The first kappa shape index (κ1) is 19.4. The Morgan fingerprint density at radius 2 is 1.89 bits per heavy atom. The van der Waals surface area contributed by atoms with Gasteiger partial charge in [-0.3, -0.25) is 4.79 Å². The van der Waals surface area contributed by atoms with Crippen LogP contribution in [-0.2, 0) is 22.4 Å². The average molecular weight is 388 g/mol. The van der Waals surface area contributed by atoms with E-state index in [0.29, 0.717) is 22.9 Å². The molecule has 0 bridgehead atoms. The lowest BCUT2D eigenvalue weighted by Gasteiger charge is -2.15.